The molecule has 1 aromatic heterocycles. The lowest BCUT2D eigenvalue weighted by Crippen LogP contribution is -2.53. The van der Waals surface area contributed by atoms with Crippen LogP contribution in [-0.4, -0.2) is 64.6 Å². The molecule has 2 aliphatic rings. The first-order chi connectivity index (χ1) is 15.8. The number of benzene rings is 2. The normalized spacial score (nSPS) is 22.1. The summed E-state index contributed by atoms with van der Waals surface area (Å²) in [7, 11) is 3.17. The third-order valence-corrected chi connectivity index (χ3v) is 6.71. The molecule has 0 aliphatic carbocycles. The first kappa shape index (κ1) is 21.3. The number of phenols is 1. The number of aromatic amines is 1. The number of rotatable bonds is 5. The molecule has 0 radical (unpaired) electrons. The molecule has 0 bridgehead atoms. The number of nitrogens with one attached hydrogen (secondary N) is 2. The van der Waals surface area contributed by atoms with Gasteiger partial charge in [0.25, 0.3) is 5.91 Å². The van der Waals surface area contributed by atoms with E-state index in [4.69, 9.17) is 4.74 Å². The third kappa shape index (κ3) is 2.99. The van der Waals surface area contributed by atoms with E-state index in [-0.39, 0.29) is 36.4 Å². The summed E-state index contributed by atoms with van der Waals surface area (Å²) in [6.07, 6.45) is 0.271. The number of likely N-dealkylation sites (N-methyl/N-ethyl adjacent to an activating group) is 1. The zero-order valence-corrected chi connectivity index (χ0v) is 18.6. The summed E-state index contributed by atoms with van der Waals surface area (Å²) in [6.45, 7) is 2.49. The van der Waals surface area contributed by atoms with Gasteiger partial charge >= 0.3 is 6.03 Å². The highest BCUT2D eigenvalue weighted by atomic mass is 19.1. The summed E-state index contributed by atoms with van der Waals surface area (Å²) in [5.74, 6) is -0.623. The lowest BCUT2D eigenvalue weighted by molar-refractivity contribution is -0.133. The Morgan fingerprint density at radius 2 is 2.09 bits per heavy atom. The van der Waals surface area contributed by atoms with E-state index >= 15 is 0 Å². The summed E-state index contributed by atoms with van der Waals surface area (Å²) < 4.78 is 19.6. The number of halogens is 1. The average molecular weight is 452 g/mol. The number of phenolic OH excluding ortho intramolecular Hbond substituents is 1. The largest absolute Gasteiger partial charge is 0.508 e. The number of carbonyl (C=O) groups excluding carboxylic acids is 2. The summed E-state index contributed by atoms with van der Waals surface area (Å²) in [4.78, 5) is 33.3. The Bertz CT molecular complexity index is 1290. The summed E-state index contributed by atoms with van der Waals surface area (Å²) in [5.41, 5.74) is 1.59. The highest BCUT2D eigenvalue weighted by Crippen LogP contribution is 2.49. The molecule has 3 N–H and O–H groups in total. The SMILES string of the molecule is CNCCN1C(=O)N2[C@H](c3cccc(O)c3)c3[nH]c4cc(F)c(OC)cc4c3C[C@@]2(C)C1=O. The highest BCUT2D eigenvalue weighted by Gasteiger charge is 2.60. The summed E-state index contributed by atoms with van der Waals surface area (Å²) >= 11 is 0. The maximum absolute atomic E-state index is 14.4. The molecule has 33 heavy (non-hydrogen) atoms. The smallest absolute Gasteiger partial charge is 0.328 e. The number of aromatic nitrogens is 1. The van der Waals surface area contributed by atoms with Crippen molar-refractivity contribution in [2.45, 2.75) is 24.9 Å². The van der Waals surface area contributed by atoms with Gasteiger partial charge in [0.1, 0.15) is 17.3 Å². The number of carbonyl (C=O) groups is 2. The van der Waals surface area contributed by atoms with Crippen LogP contribution >= 0.6 is 0 Å². The molecule has 9 heteroatoms. The van der Waals surface area contributed by atoms with Crippen molar-refractivity contribution in [3.63, 3.8) is 0 Å². The van der Waals surface area contributed by atoms with Gasteiger partial charge < -0.3 is 20.1 Å². The molecule has 3 heterocycles. The first-order valence-corrected chi connectivity index (χ1v) is 10.8. The molecule has 8 nitrogen and oxygen atoms in total. The van der Waals surface area contributed by atoms with Gasteiger partial charge in [-0.15, -0.1) is 0 Å². The van der Waals surface area contributed by atoms with Crippen molar-refractivity contribution in [2.24, 2.45) is 0 Å². The molecule has 1 fully saturated rings. The minimum atomic E-state index is -1.13. The number of amides is 3. The molecular formula is C24H25FN4O4. The molecule has 3 aromatic rings. The van der Waals surface area contributed by atoms with Crippen molar-refractivity contribution < 1.29 is 23.8 Å². The van der Waals surface area contributed by atoms with Crippen LogP contribution in [0.1, 0.15) is 29.8 Å². The van der Waals surface area contributed by atoms with Crippen molar-refractivity contribution in [3.8, 4) is 11.5 Å². The third-order valence-electron chi connectivity index (χ3n) is 6.71. The fraction of sp³-hybridized carbons (Fsp3) is 0.333. The van der Waals surface area contributed by atoms with Gasteiger partial charge in [0.15, 0.2) is 11.6 Å². The van der Waals surface area contributed by atoms with Crippen molar-refractivity contribution >= 4 is 22.8 Å². The van der Waals surface area contributed by atoms with Crippen LogP contribution < -0.4 is 10.1 Å². The van der Waals surface area contributed by atoms with Crippen LogP contribution in [0.2, 0.25) is 0 Å². The quantitative estimate of drug-likeness (QED) is 0.517. The predicted molar refractivity (Wildman–Crippen MR) is 120 cm³/mol. The maximum atomic E-state index is 14.4. The van der Waals surface area contributed by atoms with E-state index in [1.807, 2.05) is 0 Å². The second-order valence-corrected chi connectivity index (χ2v) is 8.71. The van der Waals surface area contributed by atoms with Crippen molar-refractivity contribution in [1.82, 2.24) is 20.1 Å². The van der Waals surface area contributed by atoms with Crippen LogP contribution in [0, 0.1) is 5.82 Å². The van der Waals surface area contributed by atoms with E-state index in [1.54, 1.807) is 49.2 Å². The lowest BCUT2D eigenvalue weighted by Gasteiger charge is -2.42. The Morgan fingerprint density at radius 1 is 1.30 bits per heavy atom. The lowest BCUT2D eigenvalue weighted by atomic mass is 9.81. The van der Waals surface area contributed by atoms with E-state index in [9.17, 15) is 19.1 Å². The summed E-state index contributed by atoms with van der Waals surface area (Å²) in [6, 6.07) is 8.57. The minimum absolute atomic E-state index is 0.0511. The number of H-pyrrole nitrogens is 1. The van der Waals surface area contributed by atoms with Crippen LogP contribution in [0.3, 0.4) is 0 Å². The van der Waals surface area contributed by atoms with Gasteiger partial charge in [0, 0.05) is 42.2 Å². The number of methoxy groups -OCH3 is 1. The number of ether oxygens (including phenoxy) is 1. The van der Waals surface area contributed by atoms with Crippen LogP contribution in [0.15, 0.2) is 36.4 Å². The number of fused-ring (bicyclic) bond motifs is 4. The summed E-state index contributed by atoms with van der Waals surface area (Å²) in [5, 5.41) is 13.9. The maximum Gasteiger partial charge on any atom is 0.328 e. The minimum Gasteiger partial charge on any atom is -0.508 e. The zero-order chi connectivity index (χ0) is 23.5. The molecule has 172 valence electrons. The van der Waals surface area contributed by atoms with E-state index in [0.717, 1.165) is 10.9 Å². The molecule has 2 atom stereocenters. The topological polar surface area (TPSA) is 97.9 Å². The van der Waals surface area contributed by atoms with Crippen molar-refractivity contribution in [1.29, 1.82) is 0 Å². The molecule has 0 unspecified atom stereocenters. The van der Waals surface area contributed by atoms with Gasteiger partial charge in [-0.2, -0.15) is 0 Å². The fourth-order valence-corrected chi connectivity index (χ4v) is 5.14. The number of imide groups is 1. The number of nitrogens with zero attached hydrogens (tertiary/aromatic N) is 2. The second-order valence-electron chi connectivity index (χ2n) is 8.71. The molecule has 1 saturated heterocycles. The van der Waals surface area contributed by atoms with Gasteiger partial charge in [0.2, 0.25) is 0 Å². The van der Waals surface area contributed by atoms with Gasteiger partial charge in [-0.1, -0.05) is 12.1 Å². The van der Waals surface area contributed by atoms with E-state index < -0.39 is 17.4 Å². The molecular weight excluding hydrogens is 427 g/mol. The Hall–Kier alpha value is -3.59. The Morgan fingerprint density at radius 3 is 2.79 bits per heavy atom. The van der Waals surface area contributed by atoms with E-state index in [2.05, 4.69) is 10.3 Å². The van der Waals surface area contributed by atoms with Gasteiger partial charge in [0.05, 0.1) is 7.11 Å². The Labute approximate surface area is 189 Å². The molecule has 0 spiro atoms. The Balaban J connectivity index is 1.76. The van der Waals surface area contributed by atoms with Gasteiger partial charge in [-0.3, -0.25) is 14.6 Å². The number of urea groups is 1. The monoisotopic (exact) mass is 452 g/mol. The van der Waals surface area contributed by atoms with E-state index in [1.165, 1.54) is 18.1 Å². The number of hydrogen-bond acceptors (Lipinski definition) is 5. The second kappa shape index (κ2) is 7.48. The van der Waals surface area contributed by atoms with Crippen LogP contribution in [-0.2, 0) is 11.2 Å². The molecule has 3 amide bonds. The van der Waals surface area contributed by atoms with E-state index in [0.29, 0.717) is 23.3 Å². The molecule has 2 aliphatic heterocycles. The van der Waals surface area contributed by atoms with Crippen LogP contribution in [0.5, 0.6) is 11.5 Å². The fourth-order valence-electron chi connectivity index (χ4n) is 5.14. The van der Waals surface area contributed by atoms with Crippen LogP contribution in [0.4, 0.5) is 9.18 Å². The number of aromatic hydroxyl groups is 1. The zero-order valence-electron chi connectivity index (χ0n) is 18.6. The van der Waals surface area contributed by atoms with Crippen molar-refractivity contribution in [3.05, 3.63) is 59.0 Å². The molecule has 0 saturated carbocycles. The molecule has 5 rings (SSSR count). The Kier molecular flexibility index (Phi) is 4.82. The highest BCUT2D eigenvalue weighted by molar-refractivity contribution is 6.08. The average Bonchev–Trinajstić information content (AvgIpc) is 3.21. The van der Waals surface area contributed by atoms with Gasteiger partial charge in [-0.05, 0) is 43.3 Å². The van der Waals surface area contributed by atoms with Crippen LogP contribution in [0.25, 0.3) is 10.9 Å². The van der Waals surface area contributed by atoms with Crippen molar-refractivity contribution in [2.75, 3.05) is 27.2 Å². The number of hydrogen-bond donors (Lipinski definition) is 3. The van der Waals surface area contributed by atoms with Gasteiger partial charge in [-0.25, -0.2) is 9.18 Å². The first-order valence-electron chi connectivity index (χ1n) is 10.8. The molecule has 2 aromatic carbocycles. The predicted octanol–water partition coefficient (Wildman–Crippen LogP) is 2.91. The standard InChI is InChI=1S/C24H25FN4O4/c1-24-12-16-15-10-19(33-3)17(25)11-18(15)27-20(16)21(13-5-4-6-14(30)9-13)29(24)23(32)28(22(24)31)8-7-26-2/h4-6,9-11,21,26-27,30H,7-8,12H2,1-3H3/t21-,24+/m1/s1.